The number of benzene rings is 1. The first-order valence-corrected chi connectivity index (χ1v) is 6.78. The predicted molar refractivity (Wildman–Crippen MR) is 72.2 cm³/mol. The monoisotopic (exact) mass is 229 g/mol. The van der Waals surface area contributed by atoms with Gasteiger partial charge in [0, 0.05) is 6.54 Å². The number of piperidine rings is 1. The molecule has 1 aromatic rings. The summed E-state index contributed by atoms with van der Waals surface area (Å²) in [6.45, 7) is 7.51. The van der Waals surface area contributed by atoms with Crippen LogP contribution in [0.25, 0.3) is 0 Å². The van der Waals surface area contributed by atoms with Crippen LogP contribution in [0.15, 0.2) is 24.3 Å². The van der Waals surface area contributed by atoms with Crippen LogP contribution < -0.4 is 0 Å². The lowest BCUT2D eigenvalue weighted by atomic mass is 9.53. The van der Waals surface area contributed by atoms with E-state index in [4.69, 9.17) is 0 Å². The Kier molecular flexibility index (Phi) is 2.38. The SMILES string of the molecule is CN1CC[C@@]2(C)Cc3ccccc3C[C@]2(C)C1. The molecule has 1 heterocycles. The summed E-state index contributed by atoms with van der Waals surface area (Å²) >= 11 is 0. The molecule has 1 aliphatic heterocycles. The second-order valence-corrected chi connectivity index (χ2v) is 6.73. The van der Waals surface area contributed by atoms with Gasteiger partial charge in [-0.15, -0.1) is 0 Å². The molecule has 0 aromatic heterocycles. The summed E-state index contributed by atoms with van der Waals surface area (Å²) in [6.07, 6.45) is 3.87. The summed E-state index contributed by atoms with van der Waals surface area (Å²) in [5.74, 6) is 0. The van der Waals surface area contributed by atoms with Crippen LogP contribution in [-0.2, 0) is 12.8 Å². The second kappa shape index (κ2) is 3.58. The summed E-state index contributed by atoms with van der Waals surface area (Å²) in [5, 5.41) is 0. The number of hydrogen-bond acceptors (Lipinski definition) is 1. The Morgan fingerprint density at radius 2 is 1.59 bits per heavy atom. The minimum absolute atomic E-state index is 0.453. The molecule has 3 rings (SSSR count). The molecular formula is C16H23N. The molecule has 0 saturated carbocycles. The Labute approximate surface area is 105 Å². The molecule has 0 N–H and O–H groups in total. The number of fused-ring (bicyclic) bond motifs is 2. The van der Waals surface area contributed by atoms with Gasteiger partial charge in [0.1, 0.15) is 0 Å². The maximum atomic E-state index is 2.51. The largest absolute Gasteiger partial charge is 0.306 e. The predicted octanol–water partition coefficient (Wildman–Crippen LogP) is 3.13. The van der Waals surface area contributed by atoms with Crippen molar-refractivity contribution in [1.82, 2.24) is 4.90 Å². The highest BCUT2D eigenvalue weighted by molar-refractivity contribution is 5.33. The van der Waals surface area contributed by atoms with Gasteiger partial charge < -0.3 is 4.90 Å². The molecule has 0 radical (unpaired) electrons. The molecule has 2 atom stereocenters. The van der Waals surface area contributed by atoms with Crippen LogP contribution in [0.2, 0.25) is 0 Å². The third-order valence-corrected chi connectivity index (χ3v) is 5.40. The van der Waals surface area contributed by atoms with E-state index in [9.17, 15) is 0 Å². The molecule has 92 valence electrons. The molecule has 1 nitrogen and oxygen atoms in total. The molecule has 1 saturated heterocycles. The Balaban J connectivity index is 2.03. The highest BCUT2D eigenvalue weighted by Gasteiger charge is 2.50. The first-order valence-electron chi connectivity index (χ1n) is 6.78. The number of hydrogen-bond donors (Lipinski definition) is 0. The molecule has 0 spiro atoms. The molecular weight excluding hydrogens is 206 g/mol. The zero-order valence-corrected chi connectivity index (χ0v) is 11.3. The van der Waals surface area contributed by atoms with Crippen LogP contribution in [0.1, 0.15) is 31.4 Å². The molecule has 0 bridgehead atoms. The lowest BCUT2D eigenvalue weighted by molar-refractivity contribution is -0.0292. The maximum Gasteiger partial charge on any atom is 0.00408 e. The van der Waals surface area contributed by atoms with E-state index in [-0.39, 0.29) is 0 Å². The zero-order valence-electron chi connectivity index (χ0n) is 11.3. The van der Waals surface area contributed by atoms with Gasteiger partial charge >= 0.3 is 0 Å². The highest BCUT2D eigenvalue weighted by Crippen LogP contribution is 2.53. The van der Waals surface area contributed by atoms with Crippen molar-refractivity contribution in [3.63, 3.8) is 0 Å². The summed E-state index contributed by atoms with van der Waals surface area (Å²) < 4.78 is 0. The van der Waals surface area contributed by atoms with Crippen LogP contribution in [-0.4, -0.2) is 25.0 Å². The maximum absolute atomic E-state index is 2.51. The smallest absolute Gasteiger partial charge is 0.00408 e. The summed E-state index contributed by atoms with van der Waals surface area (Å²) in [6, 6.07) is 9.05. The molecule has 1 heteroatoms. The molecule has 1 aliphatic carbocycles. The fourth-order valence-electron chi connectivity index (χ4n) is 3.92. The minimum Gasteiger partial charge on any atom is -0.306 e. The Bertz CT molecular complexity index is 439. The van der Waals surface area contributed by atoms with Gasteiger partial charge in [-0.25, -0.2) is 0 Å². The van der Waals surface area contributed by atoms with Crippen LogP contribution in [0, 0.1) is 10.8 Å². The number of rotatable bonds is 0. The highest BCUT2D eigenvalue weighted by atomic mass is 15.1. The Morgan fingerprint density at radius 3 is 2.24 bits per heavy atom. The normalized spacial score (nSPS) is 37.4. The van der Waals surface area contributed by atoms with Gasteiger partial charge in [0.05, 0.1) is 0 Å². The van der Waals surface area contributed by atoms with Gasteiger partial charge in [-0.2, -0.15) is 0 Å². The topological polar surface area (TPSA) is 3.24 Å². The van der Waals surface area contributed by atoms with Crippen LogP contribution in [0.3, 0.4) is 0 Å². The van der Waals surface area contributed by atoms with E-state index in [1.165, 1.54) is 32.4 Å². The first kappa shape index (κ1) is 11.3. The summed E-state index contributed by atoms with van der Waals surface area (Å²) in [4.78, 5) is 2.51. The Morgan fingerprint density at radius 1 is 1.00 bits per heavy atom. The van der Waals surface area contributed by atoms with E-state index >= 15 is 0 Å². The average molecular weight is 229 g/mol. The molecule has 17 heavy (non-hydrogen) atoms. The van der Waals surface area contributed by atoms with Gasteiger partial charge in [0.15, 0.2) is 0 Å². The third kappa shape index (κ3) is 1.63. The Hall–Kier alpha value is -0.820. The van der Waals surface area contributed by atoms with Crippen molar-refractivity contribution in [3.05, 3.63) is 35.4 Å². The van der Waals surface area contributed by atoms with E-state index in [2.05, 4.69) is 50.1 Å². The van der Waals surface area contributed by atoms with Gasteiger partial charge in [0.25, 0.3) is 0 Å². The van der Waals surface area contributed by atoms with Gasteiger partial charge in [0.2, 0.25) is 0 Å². The van der Waals surface area contributed by atoms with Gasteiger partial charge in [-0.05, 0) is 54.8 Å². The zero-order chi connectivity index (χ0) is 12.1. The van der Waals surface area contributed by atoms with Crippen LogP contribution in [0.4, 0.5) is 0 Å². The molecule has 1 aromatic carbocycles. The lowest BCUT2D eigenvalue weighted by Gasteiger charge is -2.56. The summed E-state index contributed by atoms with van der Waals surface area (Å²) in [5.41, 5.74) is 4.13. The van der Waals surface area contributed by atoms with E-state index in [1.807, 2.05) is 0 Å². The second-order valence-electron chi connectivity index (χ2n) is 6.73. The van der Waals surface area contributed by atoms with E-state index in [0.29, 0.717) is 10.8 Å². The van der Waals surface area contributed by atoms with E-state index in [0.717, 1.165) is 0 Å². The quantitative estimate of drug-likeness (QED) is 0.660. The van der Waals surface area contributed by atoms with Crippen molar-refractivity contribution in [3.8, 4) is 0 Å². The van der Waals surface area contributed by atoms with Crippen molar-refractivity contribution >= 4 is 0 Å². The average Bonchev–Trinajstić information content (AvgIpc) is 2.27. The van der Waals surface area contributed by atoms with Gasteiger partial charge in [-0.3, -0.25) is 0 Å². The molecule has 0 amide bonds. The standard InChI is InChI=1S/C16H23N/c1-15-8-9-17(3)12-16(15,2)11-14-7-5-4-6-13(14)10-15/h4-7H,8-12H2,1-3H3/t15-,16+/m0/s1. The van der Waals surface area contributed by atoms with Crippen molar-refractivity contribution in [2.45, 2.75) is 33.1 Å². The number of nitrogens with zero attached hydrogens (tertiary/aromatic N) is 1. The van der Waals surface area contributed by atoms with Crippen molar-refractivity contribution < 1.29 is 0 Å². The molecule has 2 aliphatic rings. The fraction of sp³-hybridized carbons (Fsp3) is 0.625. The van der Waals surface area contributed by atoms with Crippen LogP contribution in [0.5, 0.6) is 0 Å². The minimum atomic E-state index is 0.453. The van der Waals surface area contributed by atoms with E-state index < -0.39 is 0 Å². The number of likely N-dealkylation sites (tertiary alicyclic amines) is 1. The van der Waals surface area contributed by atoms with Crippen LogP contribution >= 0.6 is 0 Å². The molecule has 1 fully saturated rings. The third-order valence-electron chi connectivity index (χ3n) is 5.40. The lowest BCUT2D eigenvalue weighted by Crippen LogP contribution is -2.55. The fourth-order valence-corrected chi connectivity index (χ4v) is 3.92. The summed E-state index contributed by atoms with van der Waals surface area (Å²) in [7, 11) is 2.27. The van der Waals surface area contributed by atoms with Crippen molar-refractivity contribution in [2.24, 2.45) is 10.8 Å². The van der Waals surface area contributed by atoms with E-state index in [1.54, 1.807) is 11.1 Å². The van der Waals surface area contributed by atoms with Crippen molar-refractivity contribution in [2.75, 3.05) is 20.1 Å². The first-order chi connectivity index (χ1) is 8.02. The van der Waals surface area contributed by atoms with Crippen molar-refractivity contribution in [1.29, 1.82) is 0 Å². The molecule has 0 unspecified atom stereocenters. The van der Waals surface area contributed by atoms with Gasteiger partial charge in [-0.1, -0.05) is 38.1 Å².